The summed E-state index contributed by atoms with van der Waals surface area (Å²) in [6.45, 7) is 4.55. The van der Waals surface area contributed by atoms with E-state index in [1.807, 2.05) is 0 Å². The Bertz CT molecular complexity index is 427. The van der Waals surface area contributed by atoms with E-state index in [0.29, 0.717) is 0 Å². The maximum Gasteiger partial charge on any atom is 0.0414 e. The molecule has 2 unspecified atom stereocenters. The van der Waals surface area contributed by atoms with Crippen LogP contribution < -0.4 is 10.6 Å². The molecule has 104 valence electrons. The van der Waals surface area contributed by atoms with Crippen molar-refractivity contribution in [3.63, 3.8) is 0 Å². The molecule has 1 aromatic rings. The van der Waals surface area contributed by atoms with Crippen molar-refractivity contribution >= 4 is 5.69 Å². The molecular weight excluding hydrogens is 232 g/mol. The van der Waals surface area contributed by atoms with Crippen molar-refractivity contribution in [1.82, 2.24) is 0 Å². The molecule has 0 spiro atoms. The van der Waals surface area contributed by atoms with Gasteiger partial charge >= 0.3 is 0 Å². The lowest BCUT2D eigenvalue weighted by molar-refractivity contribution is 0.202. The minimum atomic E-state index is 0.125. The van der Waals surface area contributed by atoms with Crippen molar-refractivity contribution in [2.75, 3.05) is 18.0 Å². The zero-order valence-electron chi connectivity index (χ0n) is 12.0. The number of hydrogen-bond donors (Lipinski definition) is 1. The normalized spacial score (nSPS) is 28.8. The summed E-state index contributed by atoms with van der Waals surface area (Å²) in [5.41, 5.74) is 8.81. The van der Waals surface area contributed by atoms with Crippen LogP contribution in [-0.2, 0) is 0 Å². The lowest BCUT2D eigenvalue weighted by Crippen LogP contribution is -2.42. The molecule has 2 heteroatoms. The second-order valence-electron chi connectivity index (χ2n) is 6.39. The van der Waals surface area contributed by atoms with Gasteiger partial charge in [0.2, 0.25) is 0 Å². The Labute approximate surface area is 117 Å². The zero-order valence-corrected chi connectivity index (χ0v) is 12.0. The van der Waals surface area contributed by atoms with Crippen LogP contribution in [-0.4, -0.2) is 13.1 Å². The average Bonchev–Trinajstić information content (AvgIpc) is 2.46. The summed E-state index contributed by atoms with van der Waals surface area (Å²) in [6, 6.07) is 8.82. The minimum absolute atomic E-state index is 0.125. The zero-order chi connectivity index (χ0) is 13.2. The molecule has 1 saturated carbocycles. The molecule has 0 aromatic heterocycles. The Morgan fingerprint density at radius 1 is 1.11 bits per heavy atom. The van der Waals surface area contributed by atoms with E-state index in [1.165, 1.54) is 56.4 Å². The van der Waals surface area contributed by atoms with Gasteiger partial charge in [0.25, 0.3) is 0 Å². The van der Waals surface area contributed by atoms with Gasteiger partial charge in [0, 0.05) is 24.8 Å². The number of benzene rings is 1. The third-order valence-electron chi connectivity index (χ3n) is 5.06. The first-order valence-corrected chi connectivity index (χ1v) is 7.85. The van der Waals surface area contributed by atoms with Crippen LogP contribution in [0.4, 0.5) is 5.69 Å². The van der Waals surface area contributed by atoms with Crippen molar-refractivity contribution in [2.45, 2.75) is 45.1 Å². The SMILES string of the molecule is C[C@@H](N)c1ccccc1N1CCC2CCCCC2C1. The molecule has 3 rings (SSSR count). The van der Waals surface area contributed by atoms with E-state index in [-0.39, 0.29) is 6.04 Å². The standard InChI is InChI=1S/C17H26N2/c1-13(18)16-8-4-5-9-17(16)19-11-10-14-6-2-3-7-15(14)12-19/h4-5,8-9,13-15H,2-3,6-7,10-12,18H2,1H3/t13-,14?,15?/m1/s1. The highest BCUT2D eigenvalue weighted by Crippen LogP contribution is 2.38. The largest absolute Gasteiger partial charge is 0.371 e. The molecule has 0 amide bonds. The van der Waals surface area contributed by atoms with Crippen molar-refractivity contribution in [3.8, 4) is 0 Å². The van der Waals surface area contributed by atoms with Gasteiger partial charge in [-0.1, -0.05) is 37.5 Å². The van der Waals surface area contributed by atoms with E-state index < -0.39 is 0 Å². The van der Waals surface area contributed by atoms with E-state index in [1.54, 1.807) is 0 Å². The summed E-state index contributed by atoms with van der Waals surface area (Å²) in [6.07, 6.45) is 7.16. The summed E-state index contributed by atoms with van der Waals surface area (Å²) < 4.78 is 0. The molecule has 1 aliphatic heterocycles. The maximum absolute atomic E-state index is 6.13. The van der Waals surface area contributed by atoms with Gasteiger partial charge in [-0.3, -0.25) is 0 Å². The fourth-order valence-electron chi connectivity index (χ4n) is 3.98. The van der Waals surface area contributed by atoms with Crippen molar-refractivity contribution < 1.29 is 0 Å². The highest BCUT2D eigenvalue weighted by Gasteiger charge is 2.31. The topological polar surface area (TPSA) is 29.3 Å². The molecule has 2 aliphatic rings. The van der Waals surface area contributed by atoms with E-state index >= 15 is 0 Å². The van der Waals surface area contributed by atoms with Crippen LogP contribution in [0.15, 0.2) is 24.3 Å². The van der Waals surface area contributed by atoms with E-state index in [4.69, 9.17) is 5.73 Å². The summed E-state index contributed by atoms with van der Waals surface area (Å²) in [4.78, 5) is 2.59. The third kappa shape index (κ3) is 2.64. The first-order valence-electron chi connectivity index (χ1n) is 7.85. The predicted molar refractivity (Wildman–Crippen MR) is 81.3 cm³/mol. The summed E-state index contributed by atoms with van der Waals surface area (Å²) in [5.74, 6) is 1.91. The Balaban J connectivity index is 1.79. The molecule has 2 N–H and O–H groups in total. The minimum Gasteiger partial charge on any atom is -0.371 e. The van der Waals surface area contributed by atoms with Crippen LogP contribution in [0, 0.1) is 11.8 Å². The number of rotatable bonds is 2. The fourth-order valence-corrected chi connectivity index (χ4v) is 3.98. The van der Waals surface area contributed by atoms with Gasteiger partial charge in [-0.2, -0.15) is 0 Å². The summed E-state index contributed by atoms with van der Waals surface area (Å²) >= 11 is 0. The molecular formula is C17H26N2. The maximum atomic E-state index is 6.13. The molecule has 0 radical (unpaired) electrons. The molecule has 1 saturated heterocycles. The van der Waals surface area contributed by atoms with Gasteiger partial charge in [0.15, 0.2) is 0 Å². The molecule has 19 heavy (non-hydrogen) atoms. The van der Waals surface area contributed by atoms with Crippen molar-refractivity contribution in [3.05, 3.63) is 29.8 Å². The smallest absolute Gasteiger partial charge is 0.0414 e. The van der Waals surface area contributed by atoms with Gasteiger partial charge in [-0.25, -0.2) is 0 Å². The fraction of sp³-hybridized carbons (Fsp3) is 0.647. The number of piperidine rings is 1. The van der Waals surface area contributed by atoms with E-state index in [2.05, 4.69) is 36.1 Å². The Morgan fingerprint density at radius 2 is 1.84 bits per heavy atom. The van der Waals surface area contributed by atoms with Crippen molar-refractivity contribution in [2.24, 2.45) is 17.6 Å². The second kappa shape index (κ2) is 5.54. The molecule has 0 bridgehead atoms. The molecule has 1 aromatic carbocycles. The molecule has 3 atom stereocenters. The van der Waals surface area contributed by atoms with Crippen LogP contribution >= 0.6 is 0 Å². The number of nitrogens with zero attached hydrogens (tertiary/aromatic N) is 1. The highest BCUT2D eigenvalue weighted by atomic mass is 15.1. The summed E-state index contributed by atoms with van der Waals surface area (Å²) in [5, 5.41) is 0. The Morgan fingerprint density at radius 3 is 2.63 bits per heavy atom. The van der Waals surface area contributed by atoms with Gasteiger partial charge < -0.3 is 10.6 Å². The third-order valence-corrected chi connectivity index (χ3v) is 5.06. The first-order chi connectivity index (χ1) is 9.25. The van der Waals surface area contributed by atoms with E-state index in [9.17, 15) is 0 Å². The Kier molecular flexibility index (Phi) is 3.79. The highest BCUT2D eigenvalue weighted by molar-refractivity contribution is 5.55. The van der Waals surface area contributed by atoms with Gasteiger partial charge in [-0.15, -0.1) is 0 Å². The van der Waals surface area contributed by atoms with Crippen LogP contribution in [0.2, 0.25) is 0 Å². The van der Waals surface area contributed by atoms with Crippen molar-refractivity contribution in [1.29, 1.82) is 0 Å². The number of hydrogen-bond acceptors (Lipinski definition) is 2. The molecule has 2 nitrogen and oxygen atoms in total. The predicted octanol–water partition coefficient (Wildman–Crippen LogP) is 3.72. The number of anilines is 1. The number of para-hydroxylation sites is 1. The van der Waals surface area contributed by atoms with E-state index in [0.717, 1.165) is 11.8 Å². The average molecular weight is 258 g/mol. The summed E-state index contributed by atoms with van der Waals surface area (Å²) in [7, 11) is 0. The second-order valence-corrected chi connectivity index (χ2v) is 6.39. The molecule has 1 aliphatic carbocycles. The lowest BCUT2D eigenvalue weighted by Gasteiger charge is -2.43. The van der Waals surface area contributed by atoms with Gasteiger partial charge in [-0.05, 0) is 43.2 Å². The number of fused-ring (bicyclic) bond motifs is 1. The van der Waals surface area contributed by atoms with Crippen LogP contribution in [0.5, 0.6) is 0 Å². The van der Waals surface area contributed by atoms with Gasteiger partial charge in [0.05, 0.1) is 0 Å². The number of nitrogens with two attached hydrogens (primary N) is 1. The molecule has 1 heterocycles. The van der Waals surface area contributed by atoms with Crippen LogP contribution in [0.1, 0.15) is 50.6 Å². The first kappa shape index (κ1) is 13.0. The van der Waals surface area contributed by atoms with Crippen LogP contribution in [0.25, 0.3) is 0 Å². The van der Waals surface area contributed by atoms with Gasteiger partial charge in [0.1, 0.15) is 0 Å². The van der Waals surface area contributed by atoms with Crippen LogP contribution in [0.3, 0.4) is 0 Å². The Hall–Kier alpha value is -1.02. The molecule has 2 fully saturated rings. The lowest BCUT2D eigenvalue weighted by atomic mass is 9.75. The monoisotopic (exact) mass is 258 g/mol. The quantitative estimate of drug-likeness (QED) is 0.876.